The van der Waals surface area contributed by atoms with E-state index in [0.717, 1.165) is 0 Å². The summed E-state index contributed by atoms with van der Waals surface area (Å²) in [6.07, 6.45) is 0.893. The third-order valence-corrected chi connectivity index (χ3v) is 2.75. The van der Waals surface area contributed by atoms with Crippen LogP contribution in [0.1, 0.15) is 23.3 Å². The Balaban J connectivity index is 2.10. The topological polar surface area (TPSA) is 73.4 Å². The zero-order valence-electron chi connectivity index (χ0n) is 8.85. The number of amides is 1. The summed E-state index contributed by atoms with van der Waals surface area (Å²) >= 11 is 0. The Kier molecular flexibility index (Phi) is 3.05. The molecular formula is C11H14N2O3. The van der Waals surface area contributed by atoms with Gasteiger partial charge in [-0.3, -0.25) is 9.59 Å². The van der Waals surface area contributed by atoms with Gasteiger partial charge < -0.3 is 15.0 Å². The molecule has 0 aliphatic carbocycles. The minimum Gasteiger partial charge on any atom is -0.393 e. The number of nitrogens with zero attached hydrogens (tertiary/aromatic N) is 1. The Morgan fingerprint density at radius 1 is 1.38 bits per heavy atom. The molecule has 1 amide bonds. The first-order chi connectivity index (χ1) is 7.66. The van der Waals surface area contributed by atoms with E-state index >= 15 is 0 Å². The number of nitrogens with one attached hydrogen (secondary N) is 1. The molecule has 1 aliphatic rings. The summed E-state index contributed by atoms with van der Waals surface area (Å²) in [4.78, 5) is 27.2. The van der Waals surface area contributed by atoms with Crippen molar-refractivity contribution in [1.82, 2.24) is 9.88 Å². The van der Waals surface area contributed by atoms with Crippen LogP contribution in [0.3, 0.4) is 0 Å². The van der Waals surface area contributed by atoms with Crippen LogP contribution in [0, 0.1) is 0 Å². The first-order valence-corrected chi connectivity index (χ1v) is 5.33. The van der Waals surface area contributed by atoms with Gasteiger partial charge in [-0.1, -0.05) is 6.07 Å². The van der Waals surface area contributed by atoms with E-state index in [4.69, 9.17) is 0 Å². The molecule has 5 nitrogen and oxygen atoms in total. The Morgan fingerprint density at radius 2 is 2.06 bits per heavy atom. The van der Waals surface area contributed by atoms with Gasteiger partial charge in [-0.15, -0.1) is 0 Å². The number of aliphatic hydroxyl groups is 1. The smallest absolute Gasteiger partial charge is 0.270 e. The van der Waals surface area contributed by atoms with Gasteiger partial charge in [0, 0.05) is 19.2 Å². The number of hydrogen-bond acceptors (Lipinski definition) is 3. The maximum atomic E-state index is 11.9. The normalized spacial score (nSPS) is 17.4. The number of pyridine rings is 1. The molecule has 86 valence electrons. The fourth-order valence-electron chi connectivity index (χ4n) is 1.81. The summed E-state index contributed by atoms with van der Waals surface area (Å²) in [7, 11) is 0. The van der Waals surface area contributed by atoms with Gasteiger partial charge in [0.2, 0.25) is 5.56 Å². The molecule has 0 saturated carbocycles. The lowest BCUT2D eigenvalue weighted by atomic mass is 10.1. The fourth-order valence-corrected chi connectivity index (χ4v) is 1.81. The molecule has 0 radical (unpaired) electrons. The molecule has 0 bridgehead atoms. The van der Waals surface area contributed by atoms with Crippen LogP contribution < -0.4 is 5.56 Å². The van der Waals surface area contributed by atoms with Crippen molar-refractivity contribution in [2.45, 2.75) is 18.9 Å². The fraction of sp³-hybridized carbons (Fsp3) is 0.455. The van der Waals surface area contributed by atoms with Crippen molar-refractivity contribution in [3.05, 3.63) is 34.2 Å². The molecule has 0 atom stereocenters. The van der Waals surface area contributed by atoms with E-state index in [-0.39, 0.29) is 17.6 Å². The highest BCUT2D eigenvalue weighted by Gasteiger charge is 2.22. The van der Waals surface area contributed by atoms with Crippen molar-refractivity contribution in [3.8, 4) is 0 Å². The number of piperidine rings is 1. The number of aliphatic hydroxyl groups excluding tert-OH is 1. The average molecular weight is 222 g/mol. The third-order valence-electron chi connectivity index (χ3n) is 2.75. The van der Waals surface area contributed by atoms with E-state index in [1.54, 1.807) is 17.0 Å². The second-order valence-electron chi connectivity index (χ2n) is 3.95. The van der Waals surface area contributed by atoms with Crippen LogP contribution in [0.25, 0.3) is 0 Å². The molecule has 0 unspecified atom stereocenters. The van der Waals surface area contributed by atoms with Crippen LogP contribution in [0.2, 0.25) is 0 Å². The van der Waals surface area contributed by atoms with Crippen LogP contribution in [0.4, 0.5) is 0 Å². The standard InChI is InChI=1S/C11H14N2O3/c14-8-4-6-13(7-5-8)11(16)9-2-1-3-10(15)12-9/h1-3,8,14H,4-7H2,(H,12,15). The van der Waals surface area contributed by atoms with Crippen LogP contribution >= 0.6 is 0 Å². The van der Waals surface area contributed by atoms with Crippen molar-refractivity contribution in [3.63, 3.8) is 0 Å². The summed E-state index contributed by atoms with van der Waals surface area (Å²) < 4.78 is 0. The highest BCUT2D eigenvalue weighted by Crippen LogP contribution is 2.12. The number of carbonyl (C=O) groups is 1. The van der Waals surface area contributed by atoms with Crippen molar-refractivity contribution >= 4 is 5.91 Å². The van der Waals surface area contributed by atoms with Gasteiger partial charge in [0.25, 0.3) is 5.91 Å². The molecule has 2 heterocycles. The number of hydrogen-bond donors (Lipinski definition) is 2. The van der Waals surface area contributed by atoms with E-state index in [1.807, 2.05) is 0 Å². The van der Waals surface area contributed by atoms with Crippen molar-refractivity contribution in [1.29, 1.82) is 0 Å². The monoisotopic (exact) mass is 222 g/mol. The summed E-state index contributed by atoms with van der Waals surface area (Å²) in [5.74, 6) is -0.176. The summed E-state index contributed by atoms with van der Waals surface area (Å²) in [5, 5.41) is 9.33. The van der Waals surface area contributed by atoms with E-state index in [2.05, 4.69) is 4.98 Å². The van der Waals surface area contributed by atoms with Crippen molar-refractivity contribution < 1.29 is 9.90 Å². The molecule has 0 aromatic carbocycles. The first kappa shape index (κ1) is 10.9. The van der Waals surface area contributed by atoms with Crippen molar-refractivity contribution in [2.75, 3.05) is 13.1 Å². The minimum absolute atomic E-state index is 0.176. The Bertz CT molecular complexity index is 433. The summed E-state index contributed by atoms with van der Waals surface area (Å²) in [5.41, 5.74) is 0.0341. The SMILES string of the molecule is O=C(c1cccc(=O)[nH]1)N1CCC(O)CC1. The third kappa shape index (κ3) is 2.30. The Hall–Kier alpha value is -1.62. The largest absolute Gasteiger partial charge is 0.393 e. The zero-order chi connectivity index (χ0) is 11.5. The molecular weight excluding hydrogens is 208 g/mol. The van der Waals surface area contributed by atoms with Gasteiger partial charge >= 0.3 is 0 Å². The number of H-pyrrole nitrogens is 1. The summed E-state index contributed by atoms with van der Waals surface area (Å²) in [6.45, 7) is 1.08. The molecule has 1 fully saturated rings. The second kappa shape index (κ2) is 4.49. The predicted octanol–water partition coefficient (Wildman–Crippen LogP) is -0.0282. The highest BCUT2D eigenvalue weighted by molar-refractivity contribution is 5.92. The van der Waals surface area contributed by atoms with Gasteiger partial charge in [-0.25, -0.2) is 0 Å². The Labute approximate surface area is 92.7 Å². The lowest BCUT2D eigenvalue weighted by Gasteiger charge is -2.29. The molecule has 16 heavy (non-hydrogen) atoms. The number of likely N-dealkylation sites (tertiary alicyclic amines) is 1. The van der Waals surface area contributed by atoms with E-state index in [1.165, 1.54) is 6.07 Å². The maximum absolute atomic E-state index is 11.9. The van der Waals surface area contributed by atoms with Crippen LogP contribution in [0.15, 0.2) is 23.0 Å². The Morgan fingerprint density at radius 3 is 2.69 bits per heavy atom. The van der Waals surface area contributed by atoms with Crippen LogP contribution in [0.5, 0.6) is 0 Å². The lowest BCUT2D eigenvalue weighted by molar-refractivity contribution is 0.0541. The van der Waals surface area contributed by atoms with Gasteiger partial charge in [0.1, 0.15) is 5.69 Å². The summed E-state index contributed by atoms with van der Waals surface area (Å²) in [6, 6.07) is 4.52. The van der Waals surface area contributed by atoms with E-state index in [0.29, 0.717) is 31.6 Å². The predicted molar refractivity (Wildman–Crippen MR) is 58.2 cm³/mol. The van der Waals surface area contributed by atoms with Gasteiger partial charge in [-0.05, 0) is 18.9 Å². The van der Waals surface area contributed by atoms with Crippen LogP contribution in [-0.4, -0.2) is 40.1 Å². The highest BCUT2D eigenvalue weighted by atomic mass is 16.3. The van der Waals surface area contributed by atoms with Gasteiger partial charge in [0.15, 0.2) is 0 Å². The number of carbonyl (C=O) groups excluding carboxylic acids is 1. The molecule has 1 aromatic heterocycles. The zero-order valence-corrected chi connectivity index (χ0v) is 8.85. The lowest BCUT2D eigenvalue weighted by Crippen LogP contribution is -2.40. The van der Waals surface area contributed by atoms with Crippen LogP contribution in [-0.2, 0) is 0 Å². The molecule has 2 rings (SSSR count). The number of rotatable bonds is 1. The molecule has 1 saturated heterocycles. The van der Waals surface area contributed by atoms with E-state index < -0.39 is 0 Å². The van der Waals surface area contributed by atoms with Gasteiger partial charge in [0.05, 0.1) is 6.10 Å². The maximum Gasteiger partial charge on any atom is 0.270 e. The molecule has 1 aromatic rings. The van der Waals surface area contributed by atoms with Gasteiger partial charge in [-0.2, -0.15) is 0 Å². The number of aromatic nitrogens is 1. The first-order valence-electron chi connectivity index (χ1n) is 5.33. The van der Waals surface area contributed by atoms with E-state index in [9.17, 15) is 14.7 Å². The molecule has 1 aliphatic heterocycles. The second-order valence-corrected chi connectivity index (χ2v) is 3.95. The quantitative estimate of drug-likeness (QED) is 0.701. The minimum atomic E-state index is -0.307. The molecule has 2 N–H and O–H groups in total. The average Bonchev–Trinajstić information content (AvgIpc) is 2.29. The number of aromatic amines is 1. The molecule has 0 spiro atoms. The molecule has 5 heteroatoms. The van der Waals surface area contributed by atoms with Crippen molar-refractivity contribution in [2.24, 2.45) is 0 Å².